The zero-order chi connectivity index (χ0) is 27.4. The largest absolute Gasteiger partial charge is 0.491 e. The van der Waals surface area contributed by atoms with Gasteiger partial charge in [0.05, 0.1) is 24.1 Å². The number of ether oxygens (including phenoxy) is 2. The highest BCUT2D eigenvalue weighted by molar-refractivity contribution is 7.62. The monoisotopic (exact) mass is 584 g/mol. The van der Waals surface area contributed by atoms with E-state index in [0.717, 1.165) is 5.56 Å². The molecule has 0 aliphatic carbocycles. The van der Waals surface area contributed by atoms with Gasteiger partial charge in [-0.1, -0.05) is 23.7 Å². The van der Waals surface area contributed by atoms with Crippen molar-refractivity contribution in [2.75, 3.05) is 11.9 Å². The number of hydrogen-bond donors (Lipinski definition) is 1. The van der Waals surface area contributed by atoms with Gasteiger partial charge < -0.3 is 14.0 Å². The summed E-state index contributed by atoms with van der Waals surface area (Å²) >= 11 is 7.45. The Bertz CT molecular complexity index is 1500. The predicted molar refractivity (Wildman–Crippen MR) is 152 cm³/mol. The van der Waals surface area contributed by atoms with Crippen molar-refractivity contribution in [3.63, 3.8) is 0 Å². The minimum Gasteiger partial charge on any atom is -0.491 e. The number of nitrogens with zero attached hydrogens (tertiary/aromatic N) is 1. The Morgan fingerprint density at radius 3 is 2.62 bits per heavy atom. The summed E-state index contributed by atoms with van der Waals surface area (Å²) in [6.45, 7) is 4.09. The smallest absolute Gasteiger partial charge is 0.361 e. The maximum Gasteiger partial charge on any atom is 0.361 e. The molecule has 4 aromatic rings. The number of aromatic nitrogens is 1. The normalized spacial score (nSPS) is 19.0. The van der Waals surface area contributed by atoms with Crippen LogP contribution in [0.5, 0.6) is 17.2 Å². The zero-order valence-electron chi connectivity index (χ0n) is 21.2. The first kappa shape index (κ1) is 27.4. The van der Waals surface area contributed by atoms with E-state index in [9.17, 15) is 9.36 Å². The Morgan fingerprint density at radius 2 is 1.90 bits per heavy atom. The van der Waals surface area contributed by atoms with Crippen LogP contribution in [0.25, 0.3) is 0 Å². The van der Waals surface area contributed by atoms with Gasteiger partial charge in [-0.2, -0.15) is 0 Å². The van der Waals surface area contributed by atoms with Crippen LogP contribution in [0.2, 0.25) is 5.02 Å². The standard InChI is InChI=1S/C28H26ClN2O6PS/c1-18(2)35-23-15-20(27(32)31-28-30-11-13-39-28)16-24(17-23)36-22-6-8-25(9-7-22)38(33)34-12-10-26(37-38)19-4-3-5-21(29)14-19/h3-9,11,13-18,26H,10,12H2,1-2H3,(H,30,31,32). The van der Waals surface area contributed by atoms with Crippen LogP contribution in [0.15, 0.2) is 78.3 Å². The fourth-order valence-electron chi connectivity index (χ4n) is 3.99. The first-order valence-corrected chi connectivity index (χ1v) is 15.1. The van der Waals surface area contributed by atoms with Crippen molar-refractivity contribution in [1.82, 2.24) is 4.98 Å². The SMILES string of the molecule is CC(C)Oc1cc(Oc2ccc(P3(=O)OCCC(c4cccc(Cl)c4)O3)cc2)cc(C(=O)Nc2nccs2)c1. The topological polar surface area (TPSA) is 96.0 Å². The number of amides is 1. The van der Waals surface area contributed by atoms with E-state index in [1.54, 1.807) is 66.2 Å². The van der Waals surface area contributed by atoms with E-state index in [1.165, 1.54) is 11.3 Å². The third-order valence-corrected chi connectivity index (χ3v) is 8.59. The molecule has 1 N–H and O–H groups in total. The van der Waals surface area contributed by atoms with Gasteiger partial charge in [-0.15, -0.1) is 11.3 Å². The number of nitrogens with one attached hydrogen (secondary N) is 1. The van der Waals surface area contributed by atoms with Crippen LogP contribution in [-0.4, -0.2) is 23.6 Å². The van der Waals surface area contributed by atoms with E-state index in [2.05, 4.69) is 10.3 Å². The lowest BCUT2D eigenvalue weighted by atomic mass is 10.1. The molecule has 8 nitrogen and oxygen atoms in total. The van der Waals surface area contributed by atoms with Crippen molar-refractivity contribution in [2.24, 2.45) is 0 Å². The van der Waals surface area contributed by atoms with Crippen molar-refractivity contribution >= 4 is 46.9 Å². The van der Waals surface area contributed by atoms with E-state index < -0.39 is 13.7 Å². The molecule has 0 spiro atoms. The predicted octanol–water partition coefficient (Wildman–Crippen LogP) is 7.62. The zero-order valence-corrected chi connectivity index (χ0v) is 23.7. The quantitative estimate of drug-likeness (QED) is 0.213. The minimum absolute atomic E-state index is 0.0992. The molecule has 2 atom stereocenters. The molecule has 11 heteroatoms. The van der Waals surface area contributed by atoms with E-state index >= 15 is 0 Å². The van der Waals surface area contributed by atoms with Gasteiger partial charge in [0, 0.05) is 34.7 Å². The lowest BCUT2D eigenvalue weighted by molar-refractivity contribution is 0.0875. The van der Waals surface area contributed by atoms with Crippen molar-refractivity contribution in [3.05, 3.63) is 94.5 Å². The number of carbonyl (C=O) groups excluding carboxylic acids is 1. The molecule has 1 aliphatic heterocycles. The van der Waals surface area contributed by atoms with Gasteiger partial charge in [0.2, 0.25) is 0 Å². The van der Waals surface area contributed by atoms with Gasteiger partial charge in [0.25, 0.3) is 5.91 Å². The van der Waals surface area contributed by atoms with Gasteiger partial charge in [-0.25, -0.2) is 4.98 Å². The number of rotatable bonds is 8. The molecule has 202 valence electrons. The highest BCUT2D eigenvalue weighted by atomic mass is 35.5. The summed E-state index contributed by atoms with van der Waals surface area (Å²) in [6, 6.07) is 19.0. The first-order chi connectivity index (χ1) is 18.8. The van der Waals surface area contributed by atoms with Crippen molar-refractivity contribution in [1.29, 1.82) is 0 Å². The van der Waals surface area contributed by atoms with Gasteiger partial charge in [0.15, 0.2) is 5.13 Å². The van der Waals surface area contributed by atoms with E-state index in [4.69, 9.17) is 30.1 Å². The molecule has 0 bridgehead atoms. The first-order valence-electron chi connectivity index (χ1n) is 12.3. The van der Waals surface area contributed by atoms with Crippen LogP contribution in [-0.2, 0) is 13.6 Å². The number of benzene rings is 3. The Hall–Kier alpha value is -3.20. The van der Waals surface area contributed by atoms with Gasteiger partial charge in [-0.05, 0) is 67.9 Å². The summed E-state index contributed by atoms with van der Waals surface area (Å²) in [7, 11) is -3.55. The number of anilines is 1. The molecule has 0 radical (unpaired) electrons. The van der Waals surface area contributed by atoms with Gasteiger partial charge >= 0.3 is 7.60 Å². The molecular weight excluding hydrogens is 559 g/mol. The lowest BCUT2D eigenvalue weighted by Gasteiger charge is -2.30. The van der Waals surface area contributed by atoms with Crippen molar-refractivity contribution < 1.29 is 27.9 Å². The molecule has 39 heavy (non-hydrogen) atoms. The Morgan fingerprint density at radius 1 is 1.10 bits per heavy atom. The van der Waals surface area contributed by atoms with Crippen LogP contribution < -0.4 is 20.1 Å². The fraction of sp³-hybridized carbons (Fsp3) is 0.214. The summed E-state index contributed by atoms with van der Waals surface area (Å²) in [5.41, 5.74) is 1.21. The highest BCUT2D eigenvalue weighted by Gasteiger charge is 2.36. The van der Waals surface area contributed by atoms with Gasteiger partial charge in [0.1, 0.15) is 17.2 Å². The highest BCUT2D eigenvalue weighted by Crippen LogP contribution is 2.55. The molecule has 1 amide bonds. The number of carbonyl (C=O) groups is 1. The number of halogens is 1. The Kier molecular flexibility index (Phi) is 8.35. The molecule has 5 rings (SSSR count). The molecule has 1 saturated heterocycles. The maximum atomic E-state index is 13.6. The summed E-state index contributed by atoms with van der Waals surface area (Å²) in [4.78, 5) is 16.9. The molecule has 0 saturated carbocycles. The van der Waals surface area contributed by atoms with Crippen LogP contribution >= 0.6 is 30.5 Å². The molecule has 2 heterocycles. The second-order valence-corrected chi connectivity index (χ2v) is 12.3. The third kappa shape index (κ3) is 6.87. The maximum absolute atomic E-state index is 13.6. The van der Waals surface area contributed by atoms with Crippen LogP contribution in [0.4, 0.5) is 5.13 Å². The number of hydrogen-bond acceptors (Lipinski definition) is 8. The molecule has 3 aromatic carbocycles. The molecular formula is C28H26ClN2O6PS. The summed E-state index contributed by atoms with van der Waals surface area (Å²) in [5, 5.41) is 6.05. The lowest BCUT2D eigenvalue weighted by Crippen LogP contribution is -2.20. The Balaban J connectivity index is 1.34. The summed E-state index contributed by atoms with van der Waals surface area (Å²) < 4.78 is 37.1. The summed E-state index contributed by atoms with van der Waals surface area (Å²) in [6.07, 6.45) is 1.69. The molecule has 1 aromatic heterocycles. The molecule has 2 unspecified atom stereocenters. The third-order valence-electron chi connectivity index (χ3n) is 5.68. The van der Waals surface area contributed by atoms with Gasteiger partial charge in [-0.3, -0.25) is 19.2 Å². The van der Waals surface area contributed by atoms with Crippen molar-refractivity contribution in [3.8, 4) is 17.2 Å². The van der Waals surface area contributed by atoms with E-state index in [-0.39, 0.29) is 12.0 Å². The average molecular weight is 585 g/mol. The van der Waals surface area contributed by atoms with Crippen LogP contribution in [0.1, 0.15) is 42.3 Å². The summed E-state index contributed by atoms with van der Waals surface area (Å²) in [5.74, 6) is 1.03. The fourth-order valence-corrected chi connectivity index (χ4v) is 6.47. The second kappa shape index (κ2) is 11.9. The second-order valence-electron chi connectivity index (χ2n) is 9.02. The Labute approximate surface area is 235 Å². The number of thiazole rings is 1. The minimum atomic E-state index is -3.55. The van der Waals surface area contributed by atoms with Crippen LogP contribution in [0, 0.1) is 0 Å². The molecule has 1 aliphatic rings. The average Bonchev–Trinajstić information content (AvgIpc) is 3.42. The van der Waals surface area contributed by atoms with Crippen LogP contribution in [0.3, 0.4) is 0 Å². The van der Waals surface area contributed by atoms with E-state index in [1.807, 2.05) is 26.0 Å². The van der Waals surface area contributed by atoms with Crippen molar-refractivity contribution in [2.45, 2.75) is 32.5 Å². The molecule has 1 fully saturated rings. The van der Waals surface area contributed by atoms with E-state index in [0.29, 0.717) is 51.3 Å².